The third kappa shape index (κ3) is 3.79. The van der Waals surface area contributed by atoms with E-state index >= 15 is 0 Å². The van der Waals surface area contributed by atoms with Gasteiger partial charge in [-0.3, -0.25) is 14.7 Å². The number of pyridine rings is 1. The van der Waals surface area contributed by atoms with Crippen LogP contribution in [0.15, 0.2) is 42.6 Å². The van der Waals surface area contributed by atoms with Crippen LogP contribution in [-0.2, 0) is 6.54 Å². The van der Waals surface area contributed by atoms with E-state index in [0.717, 1.165) is 31.6 Å². The third-order valence-electron chi connectivity index (χ3n) is 4.42. The molecule has 3 rings (SSSR count). The van der Waals surface area contributed by atoms with E-state index in [0.29, 0.717) is 17.9 Å². The van der Waals surface area contributed by atoms with E-state index in [9.17, 15) is 9.18 Å². The van der Waals surface area contributed by atoms with E-state index in [1.165, 1.54) is 25.3 Å². The molecule has 1 fully saturated rings. The van der Waals surface area contributed by atoms with Crippen LogP contribution in [0.5, 0.6) is 5.75 Å². The number of ether oxygens (including phenoxy) is 1. The fourth-order valence-corrected chi connectivity index (χ4v) is 3.23. The molecule has 0 unspecified atom stereocenters. The molecular weight excluding hydrogens is 307 g/mol. The van der Waals surface area contributed by atoms with E-state index in [1.807, 2.05) is 18.2 Å². The number of likely N-dealkylation sites (tertiary alicyclic amines) is 1. The zero-order valence-electron chi connectivity index (χ0n) is 13.7. The van der Waals surface area contributed by atoms with Gasteiger partial charge in [-0.1, -0.05) is 6.07 Å². The number of nitrogens with zero attached hydrogens (tertiary/aromatic N) is 2. The zero-order chi connectivity index (χ0) is 16.9. The second-order valence-corrected chi connectivity index (χ2v) is 6.10. The average Bonchev–Trinajstić information content (AvgIpc) is 2.62. The van der Waals surface area contributed by atoms with Crippen LogP contribution < -0.4 is 4.74 Å². The molecule has 2 heterocycles. The van der Waals surface area contributed by atoms with E-state index in [4.69, 9.17) is 4.74 Å². The minimum atomic E-state index is -0.416. The van der Waals surface area contributed by atoms with Crippen LogP contribution in [0.25, 0.3) is 0 Å². The molecule has 4 nitrogen and oxygen atoms in total. The number of rotatable bonds is 5. The molecule has 0 amide bonds. The fourth-order valence-electron chi connectivity index (χ4n) is 3.23. The van der Waals surface area contributed by atoms with Crippen LogP contribution in [0.4, 0.5) is 4.39 Å². The average molecular weight is 328 g/mol. The maximum atomic E-state index is 13.5. The first-order chi connectivity index (χ1) is 11.7. The zero-order valence-corrected chi connectivity index (χ0v) is 13.7. The van der Waals surface area contributed by atoms with Gasteiger partial charge in [0.15, 0.2) is 5.78 Å². The molecule has 1 aliphatic heterocycles. The van der Waals surface area contributed by atoms with E-state index < -0.39 is 5.82 Å². The van der Waals surface area contributed by atoms with E-state index in [-0.39, 0.29) is 11.7 Å². The van der Waals surface area contributed by atoms with Crippen molar-refractivity contribution in [1.82, 2.24) is 9.88 Å². The molecule has 126 valence electrons. The van der Waals surface area contributed by atoms with Gasteiger partial charge in [0.1, 0.15) is 11.6 Å². The first-order valence-electron chi connectivity index (χ1n) is 8.17. The van der Waals surface area contributed by atoms with Crippen molar-refractivity contribution in [2.75, 3.05) is 20.2 Å². The van der Waals surface area contributed by atoms with Crippen molar-refractivity contribution in [3.63, 3.8) is 0 Å². The first-order valence-corrected chi connectivity index (χ1v) is 8.17. The van der Waals surface area contributed by atoms with Gasteiger partial charge in [0, 0.05) is 25.2 Å². The molecule has 24 heavy (non-hydrogen) atoms. The SMILES string of the molecule is COc1ccc(F)cc1C(=O)[C@@H]1CCCN(Cc2ccccn2)C1. The van der Waals surface area contributed by atoms with E-state index in [1.54, 1.807) is 6.20 Å². The molecule has 0 radical (unpaired) electrons. The minimum Gasteiger partial charge on any atom is -0.496 e. The van der Waals surface area contributed by atoms with Crippen LogP contribution >= 0.6 is 0 Å². The summed E-state index contributed by atoms with van der Waals surface area (Å²) < 4.78 is 18.8. The Bertz CT molecular complexity index is 706. The van der Waals surface area contributed by atoms with Crippen LogP contribution in [0, 0.1) is 11.7 Å². The summed E-state index contributed by atoms with van der Waals surface area (Å²) >= 11 is 0. The minimum absolute atomic E-state index is 0.0444. The molecule has 1 saturated heterocycles. The number of methoxy groups -OCH3 is 1. The van der Waals surface area contributed by atoms with Gasteiger partial charge < -0.3 is 4.74 Å². The lowest BCUT2D eigenvalue weighted by atomic mass is 9.89. The summed E-state index contributed by atoms with van der Waals surface area (Å²) in [6, 6.07) is 9.94. The number of carbonyl (C=O) groups excluding carboxylic acids is 1. The lowest BCUT2D eigenvalue weighted by molar-refractivity contribution is 0.0806. The van der Waals surface area contributed by atoms with Gasteiger partial charge in [0.2, 0.25) is 0 Å². The van der Waals surface area contributed by atoms with Gasteiger partial charge in [0.25, 0.3) is 0 Å². The lowest BCUT2D eigenvalue weighted by Crippen LogP contribution is -2.38. The Labute approximate surface area is 141 Å². The number of carbonyl (C=O) groups is 1. The highest BCUT2D eigenvalue weighted by molar-refractivity contribution is 6.00. The number of aromatic nitrogens is 1. The molecule has 2 aromatic rings. The Morgan fingerprint density at radius 3 is 3.00 bits per heavy atom. The fraction of sp³-hybridized carbons (Fsp3) is 0.368. The molecule has 1 aliphatic rings. The van der Waals surface area contributed by atoms with Gasteiger partial charge in [-0.15, -0.1) is 0 Å². The number of hydrogen-bond donors (Lipinski definition) is 0. The number of piperidine rings is 1. The predicted molar refractivity (Wildman–Crippen MR) is 89.5 cm³/mol. The number of hydrogen-bond acceptors (Lipinski definition) is 4. The smallest absolute Gasteiger partial charge is 0.171 e. The summed E-state index contributed by atoms with van der Waals surface area (Å²) in [4.78, 5) is 19.4. The summed E-state index contributed by atoms with van der Waals surface area (Å²) in [5.41, 5.74) is 1.33. The Hall–Kier alpha value is -2.27. The van der Waals surface area contributed by atoms with Crippen LogP contribution in [0.1, 0.15) is 28.9 Å². The van der Waals surface area contributed by atoms with Crippen molar-refractivity contribution in [3.8, 4) is 5.75 Å². The highest BCUT2D eigenvalue weighted by atomic mass is 19.1. The molecule has 0 N–H and O–H groups in total. The molecule has 0 spiro atoms. The van der Waals surface area contributed by atoms with Crippen molar-refractivity contribution < 1.29 is 13.9 Å². The highest BCUT2D eigenvalue weighted by Crippen LogP contribution is 2.27. The number of benzene rings is 1. The van der Waals surface area contributed by atoms with Crippen molar-refractivity contribution in [3.05, 3.63) is 59.7 Å². The monoisotopic (exact) mass is 328 g/mol. The quantitative estimate of drug-likeness (QED) is 0.790. The molecule has 0 bridgehead atoms. The van der Waals surface area contributed by atoms with Gasteiger partial charge in [0.05, 0.1) is 18.4 Å². The van der Waals surface area contributed by atoms with Crippen molar-refractivity contribution in [2.24, 2.45) is 5.92 Å². The topological polar surface area (TPSA) is 42.4 Å². The second kappa shape index (κ2) is 7.53. The molecule has 0 aliphatic carbocycles. The maximum Gasteiger partial charge on any atom is 0.171 e. The molecule has 1 aromatic carbocycles. The normalized spacial score (nSPS) is 18.3. The largest absolute Gasteiger partial charge is 0.496 e. The highest BCUT2D eigenvalue weighted by Gasteiger charge is 2.28. The number of ketones is 1. The Morgan fingerprint density at radius 2 is 2.25 bits per heavy atom. The molecule has 1 aromatic heterocycles. The number of halogens is 1. The summed E-state index contributed by atoms with van der Waals surface area (Å²) in [6.07, 6.45) is 3.54. The van der Waals surface area contributed by atoms with Crippen LogP contribution in [0.2, 0.25) is 0 Å². The van der Waals surface area contributed by atoms with Crippen molar-refractivity contribution >= 4 is 5.78 Å². The number of Topliss-reactive ketones (excluding diaryl/α,β-unsaturated/α-hetero) is 1. The predicted octanol–water partition coefficient (Wildman–Crippen LogP) is 3.32. The lowest BCUT2D eigenvalue weighted by Gasteiger charge is -2.31. The molecular formula is C19H21FN2O2. The summed E-state index contributed by atoms with van der Waals surface area (Å²) in [7, 11) is 1.50. The summed E-state index contributed by atoms with van der Waals surface area (Å²) in [6.45, 7) is 2.33. The standard InChI is InChI=1S/C19H21FN2O2/c1-24-18-8-7-15(20)11-17(18)19(23)14-5-4-10-22(12-14)13-16-6-2-3-9-21-16/h2-3,6-9,11,14H,4-5,10,12-13H2,1H3/t14-/m1/s1. The third-order valence-corrected chi connectivity index (χ3v) is 4.42. The Morgan fingerprint density at radius 1 is 1.38 bits per heavy atom. The summed E-state index contributed by atoms with van der Waals surface area (Å²) in [5, 5.41) is 0. The molecule has 1 atom stereocenters. The Kier molecular flexibility index (Phi) is 5.20. The second-order valence-electron chi connectivity index (χ2n) is 6.10. The van der Waals surface area contributed by atoms with Crippen molar-refractivity contribution in [2.45, 2.75) is 19.4 Å². The Balaban J connectivity index is 1.72. The van der Waals surface area contributed by atoms with Crippen LogP contribution in [0.3, 0.4) is 0 Å². The molecule has 0 saturated carbocycles. The molecule has 5 heteroatoms. The van der Waals surface area contributed by atoms with Gasteiger partial charge in [-0.2, -0.15) is 0 Å². The van der Waals surface area contributed by atoms with Gasteiger partial charge in [-0.25, -0.2) is 4.39 Å². The van der Waals surface area contributed by atoms with Gasteiger partial charge >= 0.3 is 0 Å². The first kappa shape index (κ1) is 16.6. The van der Waals surface area contributed by atoms with E-state index in [2.05, 4.69) is 9.88 Å². The maximum absolute atomic E-state index is 13.5. The van der Waals surface area contributed by atoms with Crippen molar-refractivity contribution in [1.29, 1.82) is 0 Å². The summed E-state index contributed by atoms with van der Waals surface area (Å²) in [5.74, 6) is -0.168. The van der Waals surface area contributed by atoms with Crippen LogP contribution in [-0.4, -0.2) is 35.9 Å². The van der Waals surface area contributed by atoms with Gasteiger partial charge in [-0.05, 0) is 49.7 Å².